The predicted octanol–water partition coefficient (Wildman–Crippen LogP) is 3.57. The molecule has 2 nitrogen and oxygen atoms in total. The van der Waals surface area contributed by atoms with Crippen LogP contribution < -0.4 is 4.74 Å². The highest BCUT2D eigenvalue weighted by molar-refractivity contribution is 14.1. The number of ether oxygens (including phenoxy) is 1. The van der Waals surface area contributed by atoms with E-state index in [4.69, 9.17) is 4.74 Å². The summed E-state index contributed by atoms with van der Waals surface area (Å²) in [4.78, 5) is 0. The SMILES string of the molecule is CCCCCC(O)Oc1ccc(I)cc1. The van der Waals surface area contributed by atoms with Crippen LogP contribution in [0.1, 0.15) is 32.6 Å². The third-order valence-corrected chi connectivity index (χ3v) is 2.86. The number of benzene rings is 1. The Morgan fingerprint density at radius 3 is 2.53 bits per heavy atom. The van der Waals surface area contributed by atoms with Crippen molar-refractivity contribution in [1.82, 2.24) is 0 Å². The molecule has 1 atom stereocenters. The molecular formula is C12H17IO2. The van der Waals surface area contributed by atoms with Gasteiger partial charge in [-0.05, 0) is 53.3 Å². The first kappa shape index (κ1) is 12.8. The molecule has 84 valence electrons. The number of aliphatic hydroxyl groups excluding tert-OH is 1. The van der Waals surface area contributed by atoms with Crippen LogP contribution in [0.4, 0.5) is 0 Å². The highest BCUT2D eigenvalue weighted by Gasteiger charge is 2.04. The van der Waals surface area contributed by atoms with Crippen LogP contribution in [0.2, 0.25) is 0 Å². The second-order valence-corrected chi connectivity index (χ2v) is 4.77. The van der Waals surface area contributed by atoms with Gasteiger partial charge in [0, 0.05) is 9.99 Å². The fourth-order valence-electron chi connectivity index (χ4n) is 1.30. The lowest BCUT2D eigenvalue weighted by Crippen LogP contribution is -2.15. The number of aliphatic hydroxyl groups is 1. The van der Waals surface area contributed by atoms with Crippen molar-refractivity contribution in [2.24, 2.45) is 0 Å². The molecule has 0 aromatic heterocycles. The van der Waals surface area contributed by atoms with Crippen LogP contribution in [0.25, 0.3) is 0 Å². The zero-order chi connectivity index (χ0) is 11.1. The van der Waals surface area contributed by atoms with Crippen LogP contribution in [0, 0.1) is 3.57 Å². The maximum absolute atomic E-state index is 9.57. The van der Waals surface area contributed by atoms with Crippen molar-refractivity contribution in [2.75, 3.05) is 0 Å². The molecular weight excluding hydrogens is 303 g/mol. The molecule has 0 radical (unpaired) electrons. The second kappa shape index (κ2) is 7.06. The molecule has 0 heterocycles. The van der Waals surface area contributed by atoms with Crippen molar-refractivity contribution in [2.45, 2.75) is 38.9 Å². The molecule has 0 spiro atoms. The average Bonchev–Trinajstić information content (AvgIpc) is 2.22. The maximum atomic E-state index is 9.57. The minimum absolute atomic E-state index is 0.670. The van der Waals surface area contributed by atoms with Crippen LogP contribution in [0.3, 0.4) is 0 Å². The lowest BCUT2D eigenvalue weighted by molar-refractivity contribution is -0.0245. The normalized spacial score (nSPS) is 12.5. The summed E-state index contributed by atoms with van der Waals surface area (Å²) in [5.74, 6) is 0.736. The van der Waals surface area contributed by atoms with E-state index in [9.17, 15) is 5.11 Å². The molecule has 0 aliphatic carbocycles. The number of rotatable bonds is 6. The Balaban J connectivity index is 2.31. The van der Waals surface area contributed by atoms with Crippen LogP contribution in [-0.4, -0.2) is 11.4 Å². The Hall–Kier alpha value is -0.290. The summed E-state index contributed by atoms with van der Waals surface area (Å²) in [6.07, 6.45) is 3.36. The van der Waals surface area contributed by atoms with Gasteiger partial charge in [0.2, 0.25) is 0 Å². The van der Waals surface area contributed by atoms with E-state index in [1.807, 2.05) is 24.3 Å². The van der Waals surface area contributed by atoms with Crippen molar-refractivity contribution in [3.63, 3.8) is 0 Å². The van der Waals surface area contributed by atoms with Crippen LogP contribution in [0.15, 0.2) is 24.3 Å². The van der Waals surface area contributed by atoms with Crippen molar-refractivity contribution in [3.8, 4) is 5.75 Å². The van der Waals surface area contributed by atoms with Crippen molar-refractivity contribution >= 4 is 22.6 Å². The molecule has 1 aromatic carbocycles. The predicted molar refractivity (Wildman–Crippen MR) is 69.9 cm³/mol. The Kier molecular flexibility index (Phi) is 6.02. The standard InChI is InChI=1S/C12H17IO2/c1-2-3-4-5-12(14)15-11-8-6-10(13)7-9-11/h6-9,12,14H,2-5H2,1H3. The monoisotopic (exact) mass is 320 g/mol. The average molecular weight is 320 g/mol. The Labute approximate surface area is 105 Å². The zero-order valence-electron chi connectivity index (χ0n) is 8.95. The second-order valence-electron chi connectivity index (χ2n) is 3.52. The smallest absolute Gasteiger partial charge is 0.197 e. The lowest BCUT2D eigenvalue weighted by atomic mass is 10.2. The Morgan fingerprint density at radius 2 is 1.93 bits per heavy atom. The van der Waals surface area contributed by atoms with Crippen LogP contribution >= 0.6 is 22.6 Å². The first-order valence-corrected chi connectivity index (χ1v) is 6.40. The van der Waals surface area contributed by atoms with E-state index in [2.05, 4.69) is 29.5 Å². The van der Waals surface area contributed by atoms with Gasteiger partial charge in [0.15, 0.2) is 6.29 Å². The summed E-state index contributed by atoms with van der Waals surface area (Å²) in [5, 5.41) is 9.57. The largest absolute Gasteiger partial charge is 0.465 e. The van der Waals surface area contributed by atoms with Crippen molar-refractivity contribution < 1.29 is 9.84 Å². The van der Waals surface area contributed by atoms with E-state index in [1.54, 1.807) is 0 Å². The summed E-state index contributed by atoms with van der Waals surface area (Å²) in [6, 6.07) is 7.69. The van der Waals surface area contributed by atoms with E-state index >= 15 is 0 Å². The van der Waals surface area contributed by atoms with E-state index in [0.717, 1.165) is 25.0 Å². The fourth-order valence-corrected chi connectivity index (χ4v) is 1.66. The molecule has 0 saturated heterocycles. The van der Waals surface area contributed by atoms with Gasteiger partial charge in [0.05, 0.1) is 0 Å². The van der Waals surface area contributed by atoms with Gasteiger partial charge in [-0.25, -0.2) is 0 Å². The number of halogens is 1. The first-order chi connectivity index (χ1) is 7.22. The molecule has 0 fully saturated rings. The molecule has 0 aliphatic rings. The fraction of sp³-hybridized carbons (Fsp3) is 0.500. The van der Waals surface area contributed by atoms with Gasteiger partial charge < -0.3 is 9.84 Å². The zero-order valence-corrected chi connectivity index (χ0v) is 11.1. The van der Waals surface area contributed by atoms with Gasteiger partial charge in [-0.3, -0.25) is 0 Å². The van der Waals surface area contributed by atoms with Gasteiger partial charge in [-0.1, -0.05) is 19.8 Å². The van der Waals surface area contributed by atoms with E-state index in [1.165, 1.54) is 3.57 Å². The van der Waals surface area contributed by atoms with Crippen molar-refractivity contribution in [3.05, 3.63) is 27.8 Å². The van der Waals surface area contributed by atoms with Gasteiger partial charge in [0.25, 0.3) is 0 Å². The molecule has 1 aromatic rings. The van der Waals surface area contributed by atoms with Crippen LogP contribution in [0.5, 0.6) is 5.75 Å². The molecule has 1 N–H and O–H groups in total. The first-order valence-electron chi connectivity index (χ1n) is 5.32. The Bertz CT molecular complexity index is 271. The minimum Gasteiger partial charge on any atom is -0.465 e. The maximum Gasteiger partial charge on any atom is 0.197 e. The molecule has 15 heavy (non-hydrogen) atoms. The number of unbranched alkanes of at least 4 members (excludes halogenated alkanes) is 2. The highest BCUT2D eigenvalue weighted by atomic mass is 127. The minimum atomic E-state index is -0.670. The Morgan fingerprint density at radius 1 is 1.27 bits per heavy atom. The summed E-state index contributed by atoms with van der Waals surface area (Å²) in [5.41, 5.74) is 0. The summed E-state index contributed by atoms with van der Waals surface area (Å²) in [6.45, 7) is 2.15. The molecule has 1 unspecified atom stereocenters. The van der Waals surface area contributed by atoms with Gasteiger partial charge in [-0.2, -0.15) is 0 Å². The molecule has 0 bridgehead atoms. The van der Waals surface area contributed by atoms with Gasteiger partial charge in [0.1, 0.15) is 5.75 Å². The topological polar surface area (TPSA) is 29.5 Å². The molecule has 0 aliphatic heterocycles. The summed E-state index contributed by atoms with van der Waals surface area (Å²) >= 11 is 2.24. The summed E-state index contributed by atoms with van der Waals surface area (Å²) in [7, 11) is 0. The van der Waals surface area contributed by atoms with Gasteiger partial charge >= 0.3 is 0 Å². The third-order valence-electron chi connectivity index (χ3n) is 2.14. The number of hydrogen-bond acceptors (Lipinski definition) is 2. The van der Waals surface area contributed by atoms with Crippen LogP contribution in [-0.2, 0) is 0 Å². The third kappa shape index (κ3) is 5.37. The quantitative estimate of drug-likeness (QED) is 0.493. The van der Waals surface area contributed by atoms with E-state index in [-0.39, 0.29) is 0 Å². The van der Waals surface area contributed by atoms with E-state index in [0.29, 0.717) is 6.42 Å². The summed E-state index contributed by atoms with van der Waals surface area (Å²) < 4.78 is 6.54. The van der Waals surface area contributed by atoms with Gasteiger partial charge in [-0.15, -0.1) is 0 Å². The van der Waals surface area contributed by atoms with E-state index < -0.39 is 6.29 Å². The van der Waals surface area contributed by atoms with Crippen molar-refractivity contribution in [1.29, 1.82) is 0 Å². The molecule has 0 saturated carbocycles. The highest BCUT2D eigenvalue weighted by Crippen LogP contribution is 2.16. The molecule has 0 amide bonds. The molecule has 1 rings (SSSR count). The lowest BCUT2D eigenvalue weighted by Gasteiger charge is -2.13. The number of hydrogen-bond donors (Lipinski definition) is 1. The molecule has 3 heteroatoms.